The third-order valence-electron chi connectivity index (χ3n) is 2.98. The maximum absolute atomic E-state index is 11.9. The highest BCUT2D eigenvalue weighted by Gasteiger charge is 2.09. The Labute approximate surface area is 128 Å². The molecule has 0 saturated carbocycles. The summed E-state index contributed by atoms with van der Waals surface area (Å²) >= 11 is 5.78. The zero-order valence-corrected chi connectivity index (χ0v) is 12.3. The van der Waals surface area contributed by atoms with E-state index in [1.807, 2.05) is 19.1 Å². The summed E-state index contributed by atoms with van der Waals surface area (Å²) in [5, 5.41) is 0.618. The lowest BCUT2D eigenvalue weighted by atomic mass is 10.1. The fourth-order valence-electron chi connectivity index (χ4n) is 1.85. The van der Waals surface area contributed by atoms with Gasteiger partial charge in [0.2, 0.25) is 5.91 Å². The second-order valence-corrected chi connectivity index (χ2v) is 5.06. The molecular weight excluding hydrogens is 288 g/mol. The summed E-state index contributed by atoms with van der Waals surface area (Å²) in [6.45, 7) is 1.84. The largest absolute Gasteiger partial charge is 0.273 e. The van der Waals surface area contributed by atoms with Crippen molar-refractivity contribution in [2.45, 2.75) is 13.3 Å². The van der Waals surface area contributed by atoms with Gasteiger partial charge in [-0.05, 0) is 36.2 Å². The standard InChI is InChI=1S/C16H15ClN2O2/c1-11-4-2-3-5-14(11)16(21)19-18-15(20)10-12-6-8-13(17)9-7-12/h2-9H,10H2,1H3,(H,18,20)(H,19,21). The monoisotopic (exact) mass is 302 g/mol. The first kappa shape index (κ1) is 15.1. The van der Waals surface area contributed by atoms with E-state index >= 15 is 0 Å². The molecule has 0 unspecified atom stereocenters. The summed E-state index contributed by atoms with van der Waals surface area (Å²) in [6.07, 6.45) is 0.172. The van der Waals surface area contributed by atoms with Gasteiger partial charge in [0.15, 0.2) is 0 Å². The predicted octanol–water partition coefficient (Wildman–Crippen LogP) is 2.65. The number of hydrogen-bond acceptors (Lipinski definition) is 2. The van der Waals surface area contributed by atoms with Gasteiger partial charge in [0, 0.05) is 10.6 Å². The molecular formula is C16H15ClN2O2. The van der Waals surface area contributed by atoms with Crippen molar-refractivity contribution < 1.29 is 9.59 Å². The van der Waals surface area contributed by atoms with Crippen LogP contribution >= 0.6 is 11.6 Å². The van der Waals surface area contributed by atoms with Crippen molar-refractivity contribution in [1.82, 2.24) is 10.9 Å². The molecule has 108 valence electrons. The summed E-state index contributed by atoms with van der Waals surface area (Å²) in [5.41, 5.74) is 7.01. The van der Waals surface area contributed by atoms with E-state index in [1.165, 1.54) is 0 Å². The molecule has 0 heterocycles. The van der Waals surface area contributed by atoms with Crippen LogP contribution in [0.25, 0.3) is 0 Å². The van der Waals surface area contributed by atoms with E-state index in [1.54, 1.807) is 36.4 Å². The molecule has 0 radical (unpaired) electrons. The summed E-state index contributed by atoms with van der Waals surface area (Å²) in [5.74, 6) is -0.628. The van der Waals surface area contributed by atoms with Crippen molar-refractivity contribution >= 4 is 23.4 Å². The molecule has 2 amide bonds. The first-order chi connectivity index (χ1) is 10.1. The highest BCUT2D eigenvalue weighted by molar-refractivity contribution is 6.30. The lowest BCUT2D eigenvalue weighted by Gasteiger charge is -2.09. The van der Waals surface area contributed by atoms with Gasteiger partial charge in [-0.25, -0.2) is 0 Å². The molecule has 21 heavy (non-hydrogen) atoms. The second-order valence-electron chi connectivity index (χ2n) is 4.62. The Morgan fingerprint density at radius 3 is 2.33 bits per heavy atom. The SMILES string of the molecule is Cc1ccccc1C(=O)NNC(=O)Cc1ccc(Cl)cc1. The number of nitrogens with one attached hydrogen (secondary N) is 2. The van der Waals surface area contributed by atoms with Gasteiger partial charge in [0.1, 0.15) is 0 Å². The topological polar surface area (TPSA) is 58.2 Å². The minimum absolute atomic E-state index is 0.172. The number of halogens is 1. The highest BCUT2D eigenvalue weighted by atomic mass is 35.5. The zero-order chi connectivity index (χ0) is 15.2. The van der Waals surface area contributed by atoms with Crippen molar-refractivity contribution in [3.05, 3.63) is 70.2 Å². The summed E-state index contributed by atoms with van der Waals surface area (Å²) in [7, 11) is 0. The maximum Gasteiger partial charge on any atom is 0.269 e. The molecule has 2 N–H and O–H groups in total. The van der Waals surface area contributed by atoms with E-state index in [-0.39, 0.29) is 18.2 Å². The average Bonchev–Trinajstić information content (AvgIpc) is 2.48. The number of carbonyl (C=O) groups excluding carboxylic acids is 2. The van der Waals surface area contributed by atoms with Crippen LogP contribution < -0.4 is 10.9 Å². The van der Waals surface area contributed by atoms with Crippen LogP contribution in [0.4, 0.5) is 0 Å². The Hall–Kier alpha value is -2.33. The first-order valence-electron chi connectivity index (χ1n) is 6.45. The summed E-state index contributed by atoms with van der Waals surface area (Å²) in [4.78, 5) is 23.7. The molecule has 2 aromatic carbocycles. The Morgan fingerprint density at radius 1 is 1.00 bits per heavy atom. The van der Waals surface area contributed by atoms with Gasteiger partial charge in [-0.2, -0.15) is 0 Å². The molecule has 0 saturated heterocycles. The van der Waals surface area contributed by atoms with Crippen LogP contribution in [0.5, 0.6) is 0 Å². The van der Waals surface area contributed by atoms with E-state index in [2.05, 4.69) is 10.9 Å². The van der Waals surface area contributed by atoms with Crippen molar-refractivity contribution in [3.63, 3.8) is 0 Å². The number of benzene rings is 2. The maximum atomic E-state index is 11.9. The van der Waals surface area contributed by atoms with Gasteiger partial charge in [-0.1, -0.05) is 41.9 Å². The molecule has 5 heteroatoms. The number of hydrazine groups is 1. The smallest absolute Gasteiger partial charge is 0.269 e. The van der Waals surface area contributed by atoms with Crippen LogP contribution in [0.1, 0.15) is 21.5 Å². The van der Waals surface area contributed by atoms with Gasteiger partial charge >= 0.3 is 0 Å². The molecule has 0 aliphatic rings. The van der Waals surface area contributed by atoms with Gasteiger partial charge in [-0.15, -0.1) is 0 Å². The third-order valence-corrected chi connectivity index (χ3v) is 3.24. The van der Waals surface area contributed by atoms with Gasteiger partial charge < -0.3 is 0 Å². The lowest BCUT2D eigenvalue weighted by Crippen LogP contribution is -2.42. The van der Waals surface area contributed by atoms with Gasteiger partial charge in [0.05, 0.1) is 6.42 Å². The molecule has 0 fully saturated rings. The zero-order valence-electron chi connectivity index (χ0n) is 11.5. The van der Waals surface area contributed by atoms with Crippen molar-refractivity contribution in [2.24, 2.45) is 0 Å². The third kappa shape index (κ3) is 4.33. The minimum Gasteiger partial charge on any atom is -0.273 e. The highest BCUT2D eigenvalue weighted by Crippen LogP contribution is 2.10. The van der Waals surface area contributed by atoms with Gasteiger partial charge in [-0.3, -0.25) is 20.4 Å². The fraction of sp³-hybridized carbons (Fsp3) is 0.125. The van der Waals surface area contributed by atoms with E-state index in [0.717, 1.165) is 11.1 Å². The minimum atomic E-state index is -0.336. The first-order valence-corrected chi connectivity index (χ1v) is 6.83. The lowest BCUT2D eigenvalue weighted by molar-refractivity contribution is -0.121. The van der Waals surface area contributed by atoms with Crippen molar-refractivity contribution in [2.75, 3.05) is 0 Å². The van der Waals surface area contributed by atoms with E-state index in [9.17, 15) is 9.59 Å². The van der Waals surface area contributed by atoms with Crippen LogP contribution in [-0.2, 0) is 11.2 Å². The van der Waals surface area contributed by atoms with E-state index in [4.69, 9.17) is 11.6 Å². The van der Waals surface area contributed by atoms with Crippen molar-refractivity contribution in [1.29, 1.82) is 0 Å². The van der Waals surface area contributed by atoms with Gasteiger partial charge in [0.25, 0.3) is 5.91 Å². The Kier molecular flexibility index (Phi) is 4.95. The van der Waals surface area contributed by atoms with E-state index in [0.29, 0.717) is 10.6 Å². The van der Waals surface area contributed by atoms with Crippen LogP contribution in [0, 0.1) is 6.92 Å². The van der Waals surface area contributed by atoms with Crippen LogP contribution in [0.15, 0.2) is 48.5 Å². The Balaban J connectivity index is 1.88. The normalized spacial score (nSPS) is 10.0. The molecule has 4 nitrogen and oxygen atoms in total. The molecule has 0 spiro atoms. The number of carbonyl (C=O) groups is 2. The van der Waals surface area contributed by atoms with Crippen molar-refractivity contribution in [3.8, 4) is 0 Å². The molecule has 0 bridgehead atoms. The average molecular weight is 303 g/mol. The quantitative estimate of drug-likeness (QED) is 0.856. The number of amides is 2. The van der Waals surface area contributed by atoms with Crippen LogP contribution in [0.2, 0.25) is 5.02 Å². The molecule has 0 atom stereocenters. The second kappa shape index (κ2) is 6.90. The number of aryl methyl sites for hydroxylation is 1. The number of rotatable bonds is 3. The van der Waals surface area contributed by atoms with E-state index < -0.39 is 0 Å². The Morgan fingerprint density at radius 2 is 1.67 bits per heavy atom. The summed E-state index contributed by atoms with van der Waals surface area (Å²) in [6, 6.07) is 14.1. The predicted molar refractivity (Wildman–Crippen MR) is 81.9 cm³/mol. The fourth-order valence-corrected chi connectivity index (χ4v) is 1.98. The van der Waals surface area contributed by atoms with Crippen LogP contribution in [0.3, 0.4) is 0 Å². The van der Waals surface area contributed by atoms with Crippen LogP contribution in [-0.4, -0.2) is 11.8 Å². The molecule has 0 aromatic heterocycles. The molecule has 0 aliphatic heterocycles. The summed E-state index contributed by atoms with van der Waals surface area (Å²) < 4.78 is 0. The number of hydrogen-bond donors (Lipinski definition) is 2. The Bertz CT molecular complexity index is 654. The molecule has 2 rings (SSSR count). The molecule has 0 aliphatic carbocycles. The molecule has 2 aromatic rings.